The van der Waals surface area contributed by atoms with Crippen LogP contribution >= 0.6 is 15.9 Å². The van der Waals surface area contributed by atoms with Crippen LogP contribution in [0.3, 0.4) is 0 Å². The zero-order valence-electron chi connectivity index (χ0n) is 8.45. The van der Waals surface area contributed by atoms with E-state index in [1.165, 1.54) is 24.7 Å². The van der Waals surface area contributed by atoms with E-state index in [4.69, 9.17) is 0 Å². The van der Waals surface area contributed by atoms with Crippen molar-refractivity contribution in [2.75, 3.05) is 4.66 Å². The Morgan fingerprint density at radius 2 is 1.93 bits per heavy atom. The lowest BCUT2D eigenvalue weighted by Crippen LogP contribution is -1.93. The topological polar surface area (TPSA) is 34.1 Å². The second-order valence-corrected chi connectivity index (χ2v) is 6.21. The molecule has 0 heterocycles. The van der Waals surface area contributed by atoms with E-state index in [0.29, 0.717) is 0 Å². The number of hydrogen-bond donors (Lipinski definition) is 0. The van der Waals surface area contributed by atoms with Gasteiger partial charge in [-0.1, -0.05) is 53.9 Å². The average Bonchev–Trinajstić information content (AvgIpc) is 2.16. The Labute approximate surface area is 95.1 Å². The van der Waals surface area contributed by atoms with Crippen LogP contribution in [0.15, 0.2) is 23.6 Å². The third-order valence-corrected chi connectivity index (χ3v) is 4.45. The van der Waals surface area contributed by atoms with E-state index >= 15 is 0 Å². The van der Waals surface area contributed by atoms with Crippen LogP contribution in [0.25, 0.3) is 0 Å². The molecule has 0 aromatic carbocycles. The van der Waals surface area contributed by atoms with Crippen molar-refractivity contribution in [1.82, 2.24) is 0 Å². The highest BCUT2D eigenvalue weighted by molar-refractivity contribution is 9.10. The van der Waals surface area contributed by atoms with Crippen LogP contribution in [0.1, 0.15) is 32.6 Å². The largest absolute Gasteiger partial charge is 0.223 e. The lowest BCUT2D eigenvalue weighted by Gasteiger charge is -1.90. The summed E-state index contributed by atoms with van der Waals surface area (Å²) < 4.78 is 21.9. The van der Waals surface area contributed by atoms with Crippen molar-refractivity contribution in [3.63, 3.8) is 0 Å². The molecule has 14 heavy (non-hydrogen) atoms. The number of unbranched alkanes of at least 4 members (excludes halogenated alkanes) is 3. The van der Waals surface area contributed by atoms with Gasteiger partial charge in [0.25, 0.3) is 0 Å². The maximum atomic E-state index is 11.0. The molecule has 82 valence electrons. The van der Waals surface area contributed by atoms with Gasteiger partial charge in [-0.15, -0.1) is 0 Å². The first-order valence-corrected chi connectivity index (χ1v) is 7.58. The summed E-state index contributed by atoms with van der Waals surface area (Å²) in [5.41, 5.74) is 0. The highest BCUT2D eigenvalue weighted by atomic mass is 79.9. The SMILES string of the molecule is CCCCCC=CC=CS(=O)(=O)CBr. The van der Waals surface area contributed by atoms with Gasteiger partial charge >= 0.3 is 0 Å². The van der Waals surface area contributed by atoms with Gasteiger partial charge in [0.15, 0.2) is 9.84 Å². The molecule has 0 aliphatic heterocycles. The van der Waals surface area contributed by atoms with Crippen LogP contribution < -0.4 is 0 Å². The standard InChI is InChI=1S/C10H17BrO2S/c1-2-3-4-5-6-7-8-9-14(12,13)10-11/h6-9H,2-5,10H2,1H3. The number of sulfone groups is 1. The summed E-state index contributed by atoms with van der Waals surface area (Å²) in [6, 6.07) is 0. The molecule has 0 rings (SSSR count). The molecule has 0 atom stereocenters. The quantitative estimate of drug-likeness (QED) is 0.407. The van der Waals surface area contributed by atoms with Crippen molar-refractivity contribution >= 4 is 25.8 Å². The third kappa shape index (κ3) is 8.51. The molecule has 0 spiro atoms. The third-order valence-electron chi connectivity index (χ3n) is 1.66. The molecule has 2 nitrogen and oxygen atoms in total. The van der Waals surface area contributed by atoms with E-state index in [1.807, 2.05) is 6.08 Å². The van der Waals surface area contributed by atoms with E-state index < -0.39 is 9.84 Å². The van der Waals surface area contributed by atoms with E-state index in [-0.39, 0.29) is 4.66 Å². The number of hydrogen-bond acceptors (Lipinski definition) is 2. The Morgan fingerprint density at radius 1 is 1.21 bits per heavy atom. The minimum Gasteiger partial charge on any atom is -0.223 e. The average molecular weight is 281 g/mol. The van der Waals surface area contributed by atoms with Gasteiger partial charge in [0.1, 0.15) is 4.66 Å². The van der Waals surface area contributed by atoms with Crippen LogP contribution in [-0.4, -0.2) is 13.1 Å². The van der Waals surface area contributed by atoms with Crippen LogP contribution in [-0.2, 0) is 9.84 Å². The molecular formula is C10H17BrO2S. The summed E-state index contributed by atoms with van der Waals surface area (Å²) >= 11 is 2.91. The minimum absolute atomic E-state index is 0.0137. The van der Waals surface area contributed by atoms with Crippen molar-refractivity contribution < 1.29 is 8.42 Å². The Morgan fingerprint density at radius 3 is 2.50 bits per heavy atom. The van der Waals surface area contributed by atoms with Gasteiger partial charge in [0, 0.05) is 5.41 Å². The molecule has 0 unspecified atom stereocenters. The van der Waals surface area contributed by atoms with Gasteiger partial charge in [0.05, 0.1) is 0 Å². The van der Waals surface area contributed by atoms with Gasteiger partial charge in [-0.05, 0) is 12.8 Å². The molecule has 0 aliphatic carbocycles. The van der Waals surface area contributed by atoms with Crippen molar-refractivity contribution in [3.05, 3.63) is 23.6 Å². The molecule has 0 saturated heterocycles. The van der Waals surface area contributed by atoms with Gasteiger partial charge in [-0.25, -0.2) is 8.42 Å². The Kier molecular flexibility index (Phi) is 8.18. The Bertz CT molecular complexity index is 278. The lowest BCUT2D eigenvalue weighted by atomic mass is 10.2. The predicted molar refractivity (Wildman–Crippen MR) is 65.1 cm³/mol. The summed E-state index contributed by atoms with van der Waals surface area (Å²) in [6.07, 6.45) is 9.99. The molecule has 0 bridgehead atoms. The van der Waals surface area contributed by atoms with Crippen LogP contribution in [0.5, 0.6) is 0 Å². The summed E-state index contributed by atoms with van der Waals surface area (Å²) in [6.45, 7) is 2.16. The highest BCUT2D eigenvalue weighted by Gasteiger charge is 1.99. The molecule has 0 N–H and O–H groups in total. The van der Waals surface area contributed by atoms with Crippen molar-refractivity contribution in [2.24, 2.45) is 0 Å². The first-order valence-electron chi connectivity index (χ1n) is 4.74. The van der Waals surface area contributed by atoms with Crippen LogP contribution in [0, 0.1) is 0 Å². The van der Waals surface area contributed by atoms with Gasteiger partial charge in [0.2, 0.25) is 0 Å². The van der Waals surface area contributed by atoms with E-state index in [1.54, 1.807) is 12.2 Å². The molecule has 0 aromatic heterocycles. The summed E-state index contributed by atoms with van der Waals surface area (Å²) in [5.74, 6) is 0. The Balaban J connectivity index is 3.71. The van der Waals surface area contributed by atoms with E-state index in [0.717, 1.165) is 6.42 Å². The zero-order valence-corrected chi connectivity index (χ0v) is 10.9. The number of allylic oxidation sites excluding steroid dienone is 3. The van der Waals surface area contributed by atoms with Crippen LogP contribution in [0.4, 0.5) is 0 Å². The maximum Gasteiger partial charge on any atom is 0.181 e. The monoisotopic (exact) mass is 280 g/mol. The molecule has 0 aliphatic rings. The van der Waals surface area contributed by atoms with Crippen molar-refractivity contribution in [2.45, 2.75) is 32.6 Å². The Hall–Kier alpha value is -0.0900. The minimum atomic E-state index is -3.03. The fraction of sp³-hybridized carbons (Fsp3) is 0.600. The van der Waals surface area contributed by atoms with Crippen molar-refractivity contribution in [1.29, 1.82) is 0 Å². The predicted octanol–water partition coefficient (Wildman–Crippen LogP) is 3.40. The van der Waals surface area contributed by atoms with E-state index in [2.05, 4.69) is 22.9 Å². The molecule has 0 aromatic rings. The number of alkyl halides is 1. The van der Waals surface area contributed by atoms with Gasteiger partial charge < -0.3 is 0 Å². The second-order valence-electron chi connectivity index (χ2n) is 3.02. The first kappa shape index (κ1) is 13.9. The van der Waals surface area contributed by atoms with Crippen LogP contribution in [0.2, 0.25) is 0 Å². The normalized spacial score (nSPS) is 13.0. The number of halogens is 1. The molecule has 4 heteroatoms. The molecule has 0 amide bonds. The van der Waals surface area contributed by atoms with Gasteiger partial charge in [-0.2, -0.15) is 0 Å². The lowest BCUT2D eigenvalue weighted by molar-refractivity contribution is 0.609. The molecule has 0 saturated carbocycles. The van der Waals surface area contributed by atoms with Crippen molar-refractivity contribution in [3.8, 4) is 0 Å². The second kappa shape index (κ2) is 8.24. The number of rotatable bonds is 7. The molecule has 0 radical (unpaired) electrons. The highest BCUT2D eigenvalue weighted by Crippen LogP contribution is 2.01. The summed E-state index contributed by atoms with van der Waals surface area (Å²) in [4.78, 5) is 0. The smallest absolute Gasteiger partial charge is 0.181 e. The fourth-order valence-electron chi connectivity index (χ4n) is 0.888. The molecule has 0 fully saturated rings. The maximum absolute atomic E-state index is 11.0. The summed E-state index contributed by atoms with van der Waals surface area (Å²) in [5, 5.41) is 1.22. The fourth-order valence-corrected chi connectivity index (χ4v) is 1.75. The zero-order chi connectivity index (χ0) is 10.9. The molecular weight excluding hydrogens is 264 g/mol. The van der Waals surface area contributed by atoms with E-state index in [9.17, 15) is 8.42 Å². The first-order chi connectivity index (χ1) is 6.62. The van der Waals surface area contributed by atoms with Gasteiger partial charge in [-0.3, -0.25) is 0 Å². The summed E-state index contributed by atoms with van der Waals surface area (Å²) in [7, 11) is -3.03.